The summed E-state index contributed by atoms with van der Waals surface area (Å²) in [4.78, 5) is 0. The predicted octanol–water partition coefficient (Wildman–Crippen LogP) is 2.94. The Hall–Kier alpha value is 1.51. The Labute approximate surface area is 211 Å². The first kappa shape index (κ1) is 30.7. The number of hydrogen-bond donors (Lipinski definition) is 1. The van der Waals surface area contributed by atoms with Crippen LogP contribution in [0, 0.1) is 0 Å². The van der Waals surface area contributed by atoms with Crippen LogP contribution in [-0.2, 0) is 10.1 Å². The van der Waals surface area contributed by atoms with Crippen molar-refractivity contribution in [1.29, 1.82) is 0 Å². The van der Waals surface area contributed by atoms with Gasteiger partial charge in [0.15, 0.2) is 0 Å². The van der Waals surface area contributed by atoms with Gasteiger partial charge in [0.2, 0.25) is 0 Å². The standard InChI is InChI=1S/C21H44O4S.K/c1-2-3-4-5-6-7-8-9-10-11-12-13-14-15-16-17-18-19-21(20-22)26(23,24)25;/h21-22H,2-20H2,1H3,(H,23,24,25);/q;+1/p-1. The van der Waals surface area contributed by atoms with E-state index in [4.69, 9.17) is 5.11 Å². The third kappa shape index (κ3) is 22.0. The zero-order chi connectivity index (χ0) is 19.5. The molecule has 0 rings (SSSR count). The summed E-state index contributed by atoms with van der Waals surface area (Å²) in [6, 6.07) is 0. The van der Waals surface area contributed by atoms with Crippen LogP contribution >= 0.6 is 0 Å². The summed E-state index contributed by atoms with van der Waals surface area (Å²) in [6.45, 7) is 1.71. The summed E-state index contributed by atoms with van der Waals surface area (Å²) >= 11 is 0. The zero-order valence-corrected chi connectivity index (χ0v) is 22.0. The molecule has 27 heavy (non-hydrogen) atoms. The SMILES string of the molecule is CCCCCCCCCCCCCCCCCCCC(CO)S(=O)(=O)[O-].[K+]. The summed E-state index contributed by atoms with van der Waals surface area (Å²) in [7, 11) is -4.34. The van der Waals surface area contributed by atoms with Gasteiger partial charge in [-0.2, -0.15) is 0 Å². The number of aliphatic hydroxyl groups is 1. The molecule has 0 aliphatic rings. The van der Waals surface area contributed by atoms with Crippen molar-refractivity contribution in [2.24, 2.45) is 0 Å². The van der Waals surface area contributed by atoms with Crippen molar-refractivity contribution < 1.29 is 69.5 Å². The van der Waals surface area contributed by atoms with Gasteiger partial charge in [0, 0.05) is 0 Å². The fraction of sp³-hybridized carbons (Fsp3) is 1.00. The van der Waals surface area contributed by atoms with E-state index in [0.29, 0.717) is 12.8 Å². The molecule has 0 aliphatic heterocycles. The molecule has 1 N–H and O–H groups in total. The van der Waals surface area contributed by atoms with Crippen LogP contribution < -0.4 is 51.4 Å². The Kier molecular flexibility index (Phi) is 25.2. The van der Waals surface area contributed by atoms with Crippen LogP contribution in [0.4, 0.5) is 0 Å². The van der Waals surface area contributed by atoms with Crippen LogP contribution in [-0.4, -0.2) is 29.9 Å². The van der Waals surface area contributed by atoms with Crippen molar-refractivity contribution >= 4 is 10.1 Å². The number of aliphatic hydroxyl groups excluding tert-OH is 1. The Balaban J connectivity index is 0. The molecule has 0 bridgehead atoms. The third-order valence-electron chi connectivity index (χ3n) is 5.24. The molecule has 158 valence electrons. The van der Waals surface area contributed by atoms with Gasteiger partial charge in [0.25, 0.3) is 0 Å². The van der Waals surface area contributed by atoms with Gasteiger partial charge in [-0.15, -0.1) is 0 Å². The molecule has 0 saturated carbocycles. The van der Waals surface area contributed by atoms with E-state index >= 15 is 0 Å². The molecule has 0 amide bonds. The molecule has 0 radical (unpaired) electrons. The summed E-state index contributed by atoms with van der Waals surface area (Å²) in [5.41, 5.74) is 0. The van der Waals surface area contributed by atoms with E-state index in [2.05, 4.69) is 6.92 Å². The molecule has 0 aromatic carbocycles. The van der Waals surface area contributed by atoms with Crippen molar-refractivity contribution in [1.82, 2.24) is 0 Å². The summed E-state index contributed by atoms with van der Waals surface area (Å²) in [5.74, 6) is 0. The maximum atomic E-state index is 10.8. The Morgan fingerprint density at radius 3 is 1.22 bits per heavy atom. The van der Waals surface area contributed by atoms with Crippen LogP contribution in [0.2, 0.25) is 0 Å². The molecule has 0 heterocycles. The molecule has 6 heteroatoms. The van der Waals surface area contributed by atoms with E-state index in [-0.39, 0.29) is 51.4 Å². The number of rotatable bonds is 20. The summed E-state index contributed by atoms with van der Waals surface area (Å²) in [5, 5.41) is 7.81. The van der Waals surface area contributed by atoms with Gasteiger partial charge in [-0.3, -0.25) is 0 Å². The summed E-state index contributed by atoms with van der Waals surface area (Å²) in [6.07, 6.45) is 22.0. The molecule has 0 aromatic rings. The van der Waals surface area contributed by atoms with Crippen molar-refractivity contribution in [3.63, 3.8) is 0 Å². The first-order chi connectivity index (χ1) is 12.5. The predicted molar refractivity (Wildman–Crippen MR) is 109 cm³/mol. The average Bonchev–Trinajstić information content (AvgIpc) is 2.59. The van der Waals surface area contributed by atoms with Crippen molar-refractivity contribution in [3.8, 4) is 0 Å². The Morgan fingerprint density at radius 2 is 0.963 bits per heavy atom. The zero-order valence-electron chi connectivity index (χ0n) is 18.1. The van der Waals surface area contributed by atoms with Crippen molar-refractivity contribution in [2.45, 2.75) is 128 Å². The second-order valence-corrected chi connectivity index (χ2v) is 9.40. The number of hydrogen-bond acceptors (Lipinski definition) is 4. The quantitative estimate of drug-likeness (QED) is 0.183. The second-order valence-electron chi connectivity index (χ2n) is 7.74. The van der Waals surface area contributed by atoms with Crippen LogP contribution in [0.3, 0.4) is 0 Å². The minimum absolute atomic E-state index is 0. The van der Waals surface area contributed by atoms with E-state index in [1.54, 1.807) is 0 Å². The third-order valence-corrected chi connectivity index (χ3v) is 6.44. The van der Waals surface area contributed by atoms with Gasteiger partial charge in [0.05, 0.1) is 22.0 Å². The van der Waals surface area contributed by atoms with Crippen molar-refractivity contribution in [3.05, 3.63) is 0 Å². The Bertz CT molecular complexity index is 388. The van der Waals surface area contributed by atoms with Crippen LogP contribution in [0.1, 0.15) is 122 Å². The molecule has 0 saturated heterocycles. The normalized spacial score (nSPS) is 12.7. The monoisotopic (exact) mass is 430 g/mol. The van der Waals surface area contributed by atoms with Crippen molar-refractivity contribution in [2.75, 3.05) is 6.61 Å². The molecule has 0 aliphatic carbocycles. The first-order valence-corrected chi connectivity index (χ1v) is 12.5. The van der Waals surface area contributed by atoms with Gasteiger partial charge in [-0.05, 0) is 6.42 Å². The van der Waals surface area contributed by atoms with E-state index in [9.17, 15) is 13.0 Å². The molecular formula is C21H43KO4S. The fourth-order valence-corrected chi connectivity index (χ4v) is 4.06. The minimum atomic E-state index is -4.34. The van der Waals surface area contributed by atoms with Gasteiger partial charge in [-0.1, -0.05) is 116 Å². The maximum Gasteiger partial charge on any atom is 1.00 e. The average molecular weight is 431 g/mol. The molecule has 4 nitrogen and oxygen atoms in total. The first-order valence-electron chi connectivity index (χ1n) is 11.1. The van der Waals surface area contributed by atoms with Gasteiger partial charge in [0.1, 0.15) is 0 Å². The van der Waals surface area contributed by atoms with Crippen LogP contribution in [0.25, 0.3) is 0 Å². The molecule has 1 atom stereocenters. The topological polar surface area (TPSA) is 77.4 Å². The molecular weight excluding hydrogens is 387 g/mol. The van der Waals surface area contributed by atoms with Crippen LogP contribution in [0.15, 0.2) is 0 Å². The molecule has 1 unspecified atom stereocenters. The van der Waals surface area contributed by atoms with E-state index in [1.807, 2.05) is 0 Å². The smallest absolute Gasteiger partial charge is 0.748 e. The minimum Gasteiger partial charge on any atom is -0.748 e. The van der Waals surface area contributed by atoms with E-state index in [0.717, 1.165) is 12.8 Å². The van der Waals surface area contributed by atoms with Gasteiger partial charge < -0.3 is 9.66 Å². The fourth-order valence-electron chi connectivity index (χ4n) is 3.42. The van der Waals surface area contributed by atoms with Crippen LogP contribution in [0.5, 0.6) is 0 Å². The maximum absolute atomic E-state index is 10.8. The number of unbranched alkanes of at least 4 members (excludes halogenated alkanes) is 16. The Morgan fingerprint density at radius 1 is 0.667 bits per heavy atom. The van der Waals surface area contributed by atoms with E-state index < -0.39 is 22.0 Å². The molecule has 0 aromatic heterocycles. The largest absolute Gasteiger partial charge is 1.00 e. The van der Waals surface area contributed by atoms with E-state index in [1.165, 1.54) is 89.9 Å². The molecule has 0 fully saturated rings. The summed E-state index contributed by atoms with van der Waals surface area (Å²) < 4.78 is 32.5. The van der Waals surface area contributed by atoms with Gasteiger partial charge in [-0.25, -0.2) is 8.42 Å². The second kappa shape index (κ2) is 22.2. The molecule has 0 spiro atoms. The van der Waals surface area contributed by atoms with Gasteiger partial charge >= 0.3 is 51.4 Å².